The summed E-state index contributed by atoms with van der Waals surface area (Å²) in [5.74, 6) is 1.27. The lowest BCUT2D eigenvalue weighted by atomic mass is 10.3. The number of hydrogen-bond acceptors (Lipinski definition) is 5. The fourth-order valence-electron chi connectivity index (χ4n) is 1.66. The average molecular weight is 312 g/mol. The van der Waals surface area contributed by atoms with Gasteiger partial charge >= 0.3 is 0 Å². The third-order valence-corrected chi connectivity index (χ3v) is 3.93. The third kappa shape index (κ3) is 4.28. The molecular weight excluding hydrogens is 294 g/mol. The van der Waals surface area contributed by atoms with Crippen LogP contribution in [0.5, 0.6) is 5.88 Å². The summed E-state index contributed by atoms with van der Waals surface area (Å²) < 4.78 is 6.32. The van der Waals surface area contributed by atoms with Crippen molar-refractivity contribution < 1.29 is 4.74 Å². The van der Waals surface area contributed by atoms with Crippen molar-refractivity contribution in [3.63, 3.8) is 0 Å². The van der Waals surface area contributed by atoms with Crippen molar-refractivity contribution in [2.75, 3.05) is 24.2 Å². The number of nitrogen functional groups attached to an aromatic ring is 1. The molecule has 0 spiro atoms. The van der Waals surface area contributed by atoms with Gasteiger partial charge in [-0.15, -0.1) is 11.3 Å². The predicted molar refractivity (Wildman–Crippen MR) is 86.0 cm³/mol. The van der Waals surface area contributed by atoms with Gasteiger partial charge in [-0.1, -0.05) is 18.5 Å². The van der Waals surface area contributed by atoms with E-state index in [0.29, 0.717) is 18.2 Å². The molecule has 0 aliphatic carbocycles. The molecule has 20 heavy (non-hydrogen) atoms. The SMILES string of the molecule is CCCOc1nc(NCCc2ccc(Cl)s2)ccc1N. The summed E-state index contributed by atoms with van der Waals surface area (Å²) in [6.45, 7) is 3.46. The Morgan fingerprint density at radius 2 is 2.20 bits per heavy atom. The van der Waals surface area contributed by atoms with E-state index in [1.807, 2.05) is 31.2 Å². The van der Waals surface area contributed by atoms with Gasteiger partial charge in [-0.05, 0) is 37.1 Å². The Labute approximate surface area is 127 Å². The first-order chi connectivity index (χ1) is 9.69. The number of nitrogens with zero attached hydrogens (tertiary/aromatic N) is 1. The number of anilines is 2. The van der Waals surface area contributed by atoms with Crippen LogP contribution < -0.4 is 15.8 Å². The molecular formula is C14H18ClN3OS. The minimum atomic E-state index is 0.496. The highest BCUT2D eigenvalue weighted by Crippen LogP contribution is 2.23. The second kappa shape index (κ2) is 7.36. The van der Waals surface area contributed by atoms with E-state index in [1.54, 1.807) is 11.3 Å². The lowest BCUT2D eigenvalue weighted by molar-refractivity contribution is 0.307. The van der Waals surface area contributed by atoms with E-state index in [0.717, 1.165) is 29.5 Å². The highest BCUT2D eigenvalue weighted by Gasteiger charge is 2.04. The molecule has 0 aliphatic heterocycles. The molecule has 2 rings (SSSR count). The third-order valence-electron chi connectivity index (χ3n) is 2.64. The highest BCUT2D eigenvalue weighted by molar-refractivity contribution is 7.16. The van der Waals surface area contributed by atoms with Crippen LogP contribution in [-0.2, 0) is 6.42 Å². The second-order valence-electron chi connectivity index (χ2n) is 4.32. The quantitative estimate of drug-likeness (QED) is 0.816. The monoisotopic (exact) mass is 311 g/mol. The molecule has 0 saturated heterocycles. The van der Waals surface area contributed by atoms with Crippen molar-refractivity contribution in [3.05, 3.63) is 33.5 Å². The van der Waals surface area contributed by atoms with Gasteiger partial charge < -0.3 is 15.8 Å². The van der Waals surface area contributed by atoms with Crippen LogP contribution >= 0.6 is 22.9 Å². The number of thiophene rings is 1. The van der Waals surface area contributed by atoms with Crippen LogP contribution in [0.15, 0.2) is 24.3 Å². The average Bonchev–Trinajstić information content (AvgIpc) is 2.85. The summed E-state index contributed by atoms with van der Waals surface area (Å²) in [6, 6.07) is 7.62. The van der Waals surface area contributed by atoms with Gasteiger partial charge in [0.1, 0.15) is 5.82 Å². The summed E-state index contributed by atoms with van der Waals surface area (Å²) in [5.41, 5.74) is 6.39. The Balaban J connectivity index is 1.89. The van der Waals surface area contributed by atoms with Crippen LogP contribution in [0.25, 0.3) is 0 Å². The molecule has 0 radical (unpaired) electrons. The van der Waals surface area contributed by atoms with E-state index in [1.165, 1.54) is 4.88 Å². The topological polar surface area (TPSA) is 60.2 Å². The van der Waals surface area contributed by atoms with Crippen molar-refractivity contribution >= 4 is 34.4 Å². The number of halogens is 1. The summed E-state index contributed by atoms with van der Waals surface area (Å²) >= 11 is 7.50. The fraction of sp³-hybridized carbons (Fsp3) is 0.357. The number of rotatable bonds is 7. The largest absolute Gasteiger partial charge is 0.476 e. The van der Waals surface area contributed by atoms with Crippen molar-refractivity contribution in [3.8, 4) is 5.88 Å². The summed E-state index contributed by atoms with van der Waals surface area (Å²) in [7, 11) is 0. The van der Waals surface area contributed by atoms with Gasteiger partial charge in [0.15, 0.2) is 0 Å². The maximum Gasteiger partial charge on any atom is 0.239 e. The van der Waals surface area contributed by atoms with Crippen LogP contribution in [0.4, 0.5) is 11.5 Å². The van der Waals surface area contributed by atoms with Crippen LogP contribution in [-0.4, -0.2) is 18.1 Å². The fourth-order valence-corrected chi connectivity index (χ4v) is 2.75. The molecule has 0 atom stereocenters. The second-order valence-corrected chi connectivity index (χ2v) is 6.12. The molecule has 0 aromatic carbocycles. The number of pyridine rings is 1. The first kappa shape index (κ1) is 14.9. The van der Waals surface area contributed by atoms with Gasteiger partial charge in [-0.2, -0.15) is 4.98 Å². The molecule has 2 aromatic heterocycles. The van der Waals surface area contributed by atoms with Crippen molar-refractivity contribution in [2.24, 2.45) is 0 Å². The van der Waals surface area contributed by atoms with Gasteiger partial charge in [-0.3, -0.25) is 0 Å². The van der Waals surface area contributed by atoms with Gasteiger partial charge in [-0.25, -0.2) is 0 Å². The van der Waals surface area contributed by atoms with Gasteiger partial charge in [0, 0.05) is 11.4 Å². The number of nitrogens with one attached hydrogen (secondary N) is 1. The number of aromatic nitrogens is 1. The Morgan fingerprint density at radius 3 is 2.90 bits per heavy atom. The lowest BCUT2D eigenvalue weighted by Gasteiger charge is -2.10. The van der Waals surface area contributed by atoms with Gasteiger partial charge in [0.2, 0.25) is 5.88 Å². The zero-order valence-electron chi connectivity index (χ0n) is 11.4. The number of hydrogen-bond donors (Lipinski definition) is 2. The Morgan fingerprint density at radius 1 is 1.35 bits per heavy atom. The van der Waals surface area contributed by atoms with E-state index in [4.69, 9.17) is 22.1 Å². The Kier molecular flexibility index (Phi) is 5.49. The molecule has 3 N–H and O–H groups in total. The summed E-state index contributed by atoms with van der Waals surface area (Å²) in [6.07, 6.45) is 1.84. The molecule has 0 unspecified atom stereocenters. The summed E-state index contributed by atoms with van der Waals surface area (Å²) in [4.78, 5) is 5.62. The van der Waals surface area contributed by atoms with Crippen LogP contribution in [0.1, 0.15) is 18.2 Å². The molecule has 4 nitrogen and oxygen atoms in total. The van der Waals surface area contributed by atoms with E-state index in [2.05, 4.69) is 10.3 Å². The van der Waals surface area contributed by atoms with E-state index in [-0.39, 0.29) is 0 Å². The van der Waals surface area contributed by atoms with Crippen LogP contribution in [0.3, 0.4) is 0 Å². The molecule has 0 bridgehead atoms. The maximum atomic E-state index is 5.90. The molecule has 0 fully saturated rings. The standard InChI is InChI=1S/C14H18ClN3OS/c1-2-9-19-14-11(16)4-6-13(18-14)17-8-7-10-3-5-12(15)20-10/h3-6H,2,7-9,16H2,1H3,(H,17,18). The normalized spacial score (nSPS) is 10.5. The van der Waals surface area contributed by atoms with Crippen LogP contribution in [0, 0.1) is 0 Å². The minimum absolute atomic E-state index is 0.496. The molecule has 0 amide bonds. The molecule has 0 aliphatic rings. The number of nitrogens with two attached hydrogens (primary N) is 1. The molecule has 0 saturated carbocycles. The van der Waals surface area contributed by atoms with Crippen molar-refractivity contribution in [1.29, 1.82) is 0 Å². The predicted octanol–water partition coefficient (Wildman–Crippen LogP) is 3.82. The zero-order valence-corrected chi connectivity index (χ0v) is 12.9. The smallest absolute Gasteiger partial charge is 0.239 e. The van der Waals surface area contributed by atoms with Gasteiger partial charge in [0.25, 0.3) is 0 Å². The Bertz CT molecular complexity index is 559. The highest BCUT2D eigenvalue weighted by atomic mass is 35.5. The molecule has 2 heterocycles. The Hall–Kier alpha value is -1.46. The van der Waals surface area contributed by atoms with E-state index in [9.17, 15) is 0 Å². The zero-order chi connectivity index (χ0) is 14.4. The molecule has 6 heteroatoms. The van der Waals surface area contributed by atoms with Crippen LogP contribution in [0.2, 0.25) is 4.34 Å². The minimum Gasteiger partial charge on any atom is -0.476 e. The first-order valence-electron chi connectivity index (χ1n) is 6.56. The first-order valence-corrected chi connectivity index (χ1v) is 7.76. The molecule has 108 valence electrons. The lowest BCUT2D eigenvalue weighted by Crippen LogP contribution is -2.08. The summed E-state index contributed by atoms with van der Waals surface area (Å²) in [5, 5.41) is 3.26. The molecule has 2 aromatic rings. The number of ether oxygens (including phenoxy) is 1. The van der Waals surface area contributed by atoms with Crippen molar-refractivity contribution in [2.45, 2.75) is 19.8 Å². The van der Waals surface area contributed by atoms with Crippen molar-refractivity contribution in [1.82, 2.24) is 4.98 Å². The van der Waals surface area contributed by atoms with E-state index < -0.39 is 0 Å². The van der Waals surface area contributed by atoms with E-state index >= 15 is 0 Å². The van der Waals surface area contributed by atoms with Gasteiger partial charge in [0.05, 0.1) is 16.6 Å². The maximum absolute atomic E-state index is 5.90.